The van der Waals surface area contributed by atoms with Gasteiger partial charge >= 0.3 is 0 Å². The summed E-state index contributed by atoms with van der Waals surface area (Å²) in [6, 6.07) is 9.07. The Hall–Kier alpha value is -2.96. The molecule has 0 saturated heterocycles. The highest BCUT2D eigenvalue weighted by Gasteiger charge is 2.12. The number of aryl methyl sites for hydroxylation is 2. The highest BCUT2D eigenvalue weighted by Crippen LogP contribution is 2.22. The van der Waals surface area contributed by atoms with Crippen LogP contribution in [0.5, 0.6) is 0 Å². The van der Waals surface area contributed by atoms with E-state index in [0.717, 1.165) is 5.56 Å². The molecular formula is C16H16FN3O3. The van der Waals surface area contributed by atoms with Crippen LogP contribution in [0.2, 0.25) is 0 Å². The SMILES string of the molecule is Cc1ccc(NCC(=O)Nc2ccc(C)c([N+](=O)[O-])c2)c(F)c1. The Morgan fingerprint density at radius 3 is 2.61 bits per heavy atom. The highest BCUT2D eigenvalue weighted by molar-refractivity contribution is 5.94. The second-order valence-electron chi connectivity index (χ2n) is 5.14. The van der Waals surface area contributed by atoms with Crippen LogP contribution in [0, 0.1) is 29.8 Å². The molecule has 0 heterocycles. The average molecular weight is 317 g/mol. The number of carbonyl (C=O) groups excluding carboxylic acids is 1. The molecule has 2 N–H and O–H groups in total. The maximum absolute atomic E-state index is 13.6. The molecular weight excluding hydrogens is 301 g/mol. The fourth-order valence-electron chi connectivity index (χ4n) is 2.03. The maximum Gasteiger partial charge on any atom is 0.274 e. The molecule has 0 aromatic heterocycles. The third-order valence-electron chi connectivity index (χ3n) is 3.25. The van der Waals surface area contributed by atoms with Crippen LogP contribution in [-0.2, 0) is 4.79 Å². The zero-order chi connectivity index (χ0) is 17.0. The molecule has 0 saturated carbocycles. The summed E-state index contributed by atoms with van der Waals surface area (Å²) in [5.74, 6) is -0.869. The molecule has 0 radical (unpaired) electrons. The number of hydrogen-bond acceptors (Lipinski definition) is 4. The van der Waals surface area contributed by atoms with Gasteiger partial charge in [-0.05, 0) is 37.6 Å². The minimum absolute atomic E-state index is 0.0691. The Kier molecular flexibility index (Phi) is 4.90. The largest absolute Gasteiger partial charge is 0.374 e. The molecule has 2 rings (SSSR count). The van der Waals surface area contributed by atoms with E-state index in [1.807, 2.05) is 0 Å². The lowest BCUT2D eigenvalue weighted by Crippen LogP contribution is -2.22. The summed E-state index contributed by atoms with van der Waals surface area (Å²) in [6.45, 7) is 3.23. The second-order valence-corrected chi connectivity index (χ2v) is 5.14. The van der Waals surface area contributed by atoms with Gasteiger partial charge in [0.15, 0.2) is 0 Å². The number of nitro groups is 1. The Morgan fingerprint density at radius 2 is 1.96 bits per heavy atom. The van der Waals surface area contributed by atoms with Gasteiger partial charge in [-0.2, -0.15) is 0 Å². The van der Waals surface area contributed by atoms with Crippen molar-refractivity contribution in [2.45, 2.75) is 13.8 Å². The lowest BCUT2D eigenvalue weighted by atomic mass is 10.2. The quantitative estimate of drug-likeness (QED) is 0.654. The van der Waals surface area contributed by atoms with Crippen molar-refractivity contribution < 1.29 is 14.1 Å². The van der Waals surface area contributed by atoms with Crippen LogP contribution < -0.4 is 10.6 Å². The van der Waals surface area contributed by atoms with Crippen LogP contribution in [0.3, 0.4) is 0 Å². The van der Waals surface area contributed by atoms with Gasteiger partial charge in [0.1, 0.15) is 5.82 Å². The van der Waals surface area contributed by atoms with Gasteiger partial charge in [0.2, 0.25) is 5.91 Å². The molecule has 0 aliphatic rings. The van der Waals surface area contributed by atoms with E-state index in [-0.39, 0.29) is 17.9 Å². The molecule has 6 nitrogen and oxygen atoms in total. The zero-order valence-electron chi connectivity index (χ0n) is 12.7. The summed E-state index contributed by atoms with van der Waals surface area (Å²) in [4.78, 5) is 22.2. The fraction of sp³-hybridized carbons (Fsp3) is 0.188. The summed E-state index contributed by atoms with van der Waals surface area (Å²) in [5, 5.41) is 16.1. The number of carbonyl (C=O) groups is 1. The van der Waals surface area contributed by atoms with Crippen molar-refractivity contribution in [3.05, 3.63) is 63.5 Å². The molecule has 23 heavy (non-hydrogen) atoms. The van der Waals surface area contributed by atoms with Gasteiger partial charge in [0.25, 0.3) is 5.69 Å². The number of benzene rings is 2. The predicted molar refractivity (Wildman–Crippen MR) is 86.1 cm³/mol. The summed E-state index contributed by atoms with van der Waals surface area (Å²) < 4.78 is 13.6. The van der Waals surface area contributed by atoms with Crippen LogP contribution >= 0.6 is 0 Å². The molecule has 120 valence electrons. The van der Waals surface area contributed by atoms with Crippen LogP contribution in [0.4, 0.5) is 21.5 Å². The van der Waals surface area contributed by atoms with Crippen molar-refractivity contribution in [3.8, 4) is 0 Å². The smallest absolute Gasteiger partial charge is 0.274 e. The number of halogens is 1. The van der Waals surface area contributed by atoms with Crippen molar-refractivity contribution in [3.63, 3.8) is 0 Å². The standard InChI is InChI=1S/C16H16FN3O3/c1-10-3-6-14(13(17)7-10)18-9-16(21)19-12-5-4-11(2)15(8-12)20(22)23/h3-8,18H,9H2,1-2H3,(H,19,21). The van der Waals surface area contributed by atoms with E-state index in [9.17, 15) is 19.3 Å². The first-order valence-electron chi connectivity index (χ1n) is 6.92. The predicted octanol–water partition coefficient (Wildman–Crippen LogP) is 3.40. The molecule has 0 spiro atoms. The molecule has 1 amide bonds. The van der Waals surface area contributed by atoms with Crippen molar-refractivity contribution in [2.75, 3.05) is 17.2 Å². The van der Waals surface area contributed by atoms with E-state index in [1.54, 1.807) is 38.1 Å². The Morgan fingerprint density at radius 1 is 1.22 bits per heavy atom. The van der Waals surface area contributed by atoms with Gasteiger partial charge in [0, 0.05) is 17.3 Å². The van der Waals surface area contributed by atoms with E-state index < -0.39 is 16.6 Å². The van der Waals surface area contributed by atoms with Crippen LogP contribution in [0.15, 0.2) is 36.4 Å². The van der Waals surface area contributed by atoms with Gasteiger partial charge in [-0.25, -0.2) is 4.39 Å². The molecule has 0 fully saturated rings. The van der Waals surface area contributed by atoms with Gasteiger partial charge in [0.05, 0.1) is 17.2 Å². The van der Waals surface area contributed by atoms with Gasteiger partial charge < -0.3 is 10.6 Å². The van der Waals surface area contributed by atoms with E-state index in [1.165, 1.54) is 12.1 Å². The van der Waals surface area contributed by atoms with E-state index in [2.05, 4.69) is 10.6 Å². The first-order chi connectivity index (χ1) is 10.9. The van der Waals surface area contributed by atoms with E-state index in [4.69, 9.17) is 0 Å². The molecule has 0 aliphatic carbocycles. The molecule has 7 heteroatoms. The minimum Gasteiger partial charge on any atom is -0.374 e. The van der Waals surface area contributed by atoms with Gasteiger partial charge in [-0.15, -0.1) is 0 Å². The second kappa shape index (κ2) is 6.87. The number of nitrogens with zero attached hydrogens (tertiary/aromatic N) is 1. The molecule has 2 aromatic rings. The van der Waals surface area contributed by atoms with Crippen molar-refractivity contribution >= 4 is 23.0 Å². The average Bonchev–Trinajstić information content (AvgIpc) is 2.48. The molecule has 0 unspecified atom stereocenters. The Balaban J connectivity index is 2.00. The number of rotatable bonds is 5. The molecule has 0 bridgehead atoms. The zero-order valence-corrected chi connectivity index (χ0v) is 12.7. The molecule has 0 atom stereocenters. The first kappa shape index (κ1) is 16.4. The summed E-state index contributed by atoms with van der Waals surface area (Å²) in [7, 11) is 0. The van der Waals surface area contributed by atoms with Crippen molar-refractivity contribution in [2.24, 2.45) is 0 Å². The van der Waals surface area contributed by atoms with Crippen molar-refractivity contribution in [1.29, 1.82) is 0 Å². The fourth-order valence-corrected chi connectivity index (χ4v) is 2.03. The lowest BCUT2D eigenvalue weighted by molar-refractivity contribution is -0.385. The minimum atomic E-state index is -0.509. The van der Waals surface area contributed by atoms with Crippen molar-refractivity contribution in [1.82, 2.24) is 0 Å². The highest BCUT2D eigenvalue weighted by atomic mass is 19.1. The van der Waals surface area contributed by atoms with Crippen LogP contribution in [0.25, 0.3) is 0 Å². The molecule has 0 aliphatic heterocycles. The van der Waals surface area contributed by atoms with Crippen LogP contribution in [0.1, 0.15) is 11.1 Å². The normalized spacial score (nSPS) is 10.2. The monoisotopic (exact) mass is 317 g/mol. The summed E-state index contributed by atoms with van der Waals surface area (Å²) in [6.07, 6.45) is 0. The number of hydrogen-bond donors (Lipinski definition) is 2. The number of anilines is 2. The third kappa shape index (κ3) is 4.26. The summed E-state index contributed by atoms with van der Waals surface area (Å²) in [5.41, 5.74) is 1.76. The lowest BCUT2D eigenvalue weighted by Gasteiger charge is -2.09. The Labute approximate surface area is 132 Å². The number of nitro benzene ring substituents is 1. The van der Waals surface area contributed by atoms with Gasteiger partial charge in [-0.3, -0.25) is 14.9 Å². The number of amides is 1. The topological polar surface area (TPSA) is 84.3 Å². The third-order valence-corrected chi connectivity index (χ3v) is 3.25. The van der Waals surface area contributed by atoms with Crippen LogP contribution in [-0.4, -0.2) is 17.4 Å². The van der Waals surface area contributed by atoms with Gasteiger partial charge in [-0.1, -0.05) is 12.1 Å². The summed E-state index contributed by atoms with van der Waals surface area (Å²) >= 11 is 0. The maximum atomic E-state index is 13.6. The molecule has 2 aromatic carbocycles. The first-order valence-corrected chi connectivity index (χ1v) is 6.92. The van der Waals surface area contributed by atoms with E-state index >= 15 is 0 Å². The van der Waals surface area contributed by atoms with E-state index in [0.29, 0.717) is 11.3 Å². The Bertz CT molecular complexity index is 762. The number of nitrogens with one attached hydrogen (secondary N) is 2.